The van der Waals surface area contributed by atoms with E-state index in [1.807, 2.05) is 23.1 Å². The first-order valence-corrected chi connectivity index (χ1v) is 26.0. The van der Waals surface area contributed by atoms with Gasteiger partial charge >= 0.3 is 407 Å². The Bertz CT molecular complexity index is 3740. The minimum absolute atomic E-state index is 0.00172. The van der Waals surface area contributed by atoms with Gasteiger partial charge in [0.15, 0.2) is 0 Å². The van der Waals surface area contributed by atoms with E-state index in [0.29, 0.717) is 0 Å². The van der Waals surface area contributed by atoms with E-state index >= 15 is 0 Å². The first-order chi connectivity index (χ1) is 33.2. The second-order valence-corrected chi connectivity index (χ2v) is 21.6. The van der Waals surface area contributed by atoms with Crippen LogP contribution in [0.2, 0.25) is 0 Å². The molecule has 0 radical (unpaired) electrons. The molecule has 4 heterocycles. The molecule has 2 aliphatic rings. The van der Waals surface area contributed by atoms with Crippen molar-refractivity contribution in [3.05, 3.63) is 231 Å². The van der Waals surface area contributed by atoms with Gasteiger partial charge in [-0.05, 0) is 0 Å². The second-order valence-electron chi connectivity index (χ2n) is 17.2. The van der Waals surface area contributed by atoms with Crippen LogP contribution >= 0.6 is 23.1 Å². The van der Waals surface area contributed by atoms with Gasteiger partial charge in [0.2, 0.25) is 0 Å². The molecule has 314 valence electrons. The standard InChI is InChI=1S/C60H38BN3S2Se/c1-5-19-39(20-6-1)62(40-21-7-2-8-22-40)43-33-34-48-53(35-43)65-54-36-44(64-49-30-16-13-27-45(49)46-28-14-17-31-50(46)64)37-55-58(54)61(48)59-56(67-55)38-51(57-47-29-15-18-32-52(47)66-60(57)59)63(41-23-9-3-10-24-41)42-25-11-4-12-26-42/h1-38H. The first kappa shape index (κ1) is 39.0. The fraction of sp³-hybridized carbons (Fsp3) is 0. The molecule has 67 heavy (non-hydrogen) atoms. The van der Waals surface area contributed by atoms with Crippen molar-refractivity contribution in [1.82, 2.24) is 4.57 Å². The zero-order valence-corrected chi connectivity index (χ0v) is 39.4. The summed E-state index contributed by atoms with van der Waals surface area (Å²) in [6, 6.07) is 85.2. The van der Waals surface area contributed by atoms with Crippen molar-refractivity contribution >= 4 is 146 Å². The molecule has 0 spiro atoms. The molecule has 0 atom stereocenters. The number of para-hydroxylation sites is 6. The van der Waals surface area contributed by atoms with Crippen molar-refractivity contribution in [1.29, 1.82) is 0 Å². The van der Waals surface area contributed by atoms with Gasteiger partial charge in [0, 0.05) is 0 Å². The van der Waals surface area contributed by atoms with Crippen molar-refractivity contribution < 1.29 is 0 Å². The van der Waals surface area contributed by atoms with Crippen molar-refractivity contribution in [2.24, 2.45) is 0 Å². The fourth-order valence-electron chi connectivity index (χ4n) is 10.6. The quantitative estimate of drug-likeness (QED) is 0.148. The van der Waals surface area contributed by atoms with Gasteiger partial charge in [-0.25, -0.2) is 0 Å². The van der Waals surface area contributed by atoms with Crippen LogP contribution in [0, 0.1) is 0 Å². The molecule has 3 nitrogen and oxygen atoms in total. The second kappa shape index (κ2) is 15.7. The molecule has 12 aromatic rings. The van der Waals surface area contributed by atoms with Gasteiger partial charge in [-0.15, -0.1) is 0 Å². The fourth-order valence-corrected chi connectivity index (χ4v) is 16.1. The van der Waals surface area contributed by atoms with Crippen LogP contribution in [-0.4, -0.2) is 26.2 Å². The summed E-state index contributed by atoms with van der Waals surface area (Å²) >= 11 is 3.91. The molecule has 7 heteroatoms. The third-order valence-corrected chi connectivity index (χ3v) is 18.1. The van der Waals surface area contributed by atoms with Crippen molar-refractivity contribution in [3.8, 4) is 5.69 Å². The molecule has 0 N–H and O–H groups in total. The van der Waals surface area contributed by atoms with Gasteiger partial charge in [-0.1, -0.05) is 0 Å². The SMILES string of the molecule is c1ccc(N(c2ccccc2)c2ccc3c(c2)Sc2cc(-n4c5ccccc5c5ccccc54)cc4c2B3c2c(cc(N(c3ccccc3)c3ccccc3)c3c2sc2ccccc23)[Se]4)cc1. The molecule has 10 aromatic carbocycles. The number of fused-ring (bicyclic) bond motifs is 11. The Morgan fingerprint density at radius 1 is 0.418 bits per heavy atom. The van der Waals surface area contributed by atoms with Crippen molar-refractivity contribution in [3.63, 3.8) is 0 Å². The van der Waals surface area contributed by atoms with Crippen LogP contribution in [0.3, 0.4) is 0 Å². The number of hydrogen-bond acceptors (Lipinski definition) is 4. The molecule has 0 bridgehead atoms. The number of hydrogen-bond donors (Lipinski definition) is 0. The van der Waals surface area contributed by atoms with Crippen LogP contribution in [-0.2, 0) is 0 Å². The van der Waals surface area contributed by atoms with Crippen LogP contribution < -0.4 is 35.1 Å². The summed E-state index contributed by atoms with van der Waals surface area (Å²) < 4.78 is 8.11. The van der Waals surface area contributed by atoms with E-state index in [2.05, 4.69) is 245 Å². The zero-order chi connectivity index (χ0) is 44.0. The molecule has 0 saturated carbocycles. The van der Waals surface area contributed by atoms with Crippen LogP contribution in [0.5, 0.6) is 0 Å². The normalized spacial score (nSPS) is 12.6. The summed E-state index contributed by atoms with van der Waals surface area (Å²) in [7, 11) is 0. The van der Waals surface area contributed by atoms with Crippen molar-refractivity contribution in [2.75, 3.05) is 9.80 Å². The number of aromatic nitrogens is 1. The maximum absolute atomic E-state index is 2.58. The molecule has 0 unspecified atom stereocenters. The van der Waals surface area contributed by atoms with E-state index in [-0.39, 0.29) is 21.7 Å². The van der Waals surface area contributed by atoms with Gasteiger partial charge in [0.05, 0.1) is 0 Å². The predicted molar refractivity (Wildman–Crippen MR) is 290 cm³/mol. The molecule has 0 aliphatic carbocycles. The Hall–Kier alpha value is -7.25. The summed E-state index contributed by atoms with van der Waals surface area (Å²) in [5, 5.41) is 5.19. The molecular weight excluding hydrogens is 917 g/mol. The molecule has 2 aromatic heterocycles. The van der Waals surface area contributed by atoms with E-state index in [0.717, 1.165) is 28.4 Å². The first-order valence-electron chi connectivity index (χ1n) is 22.7. The maximum atomic E-state index is 2.58. The molecule has 14 rings (SSSR count). The Kier molecular flexibility index (Phi) is 9.13. The number of rotatable bonds is 7. The van der Waals surface area contributed by atoms with Crippen molar-refractivity contribution in [2.45, 2.75) is 9.79 Å². The molecule has 0 fully saturated rings. The molecular formula is C60H38BN3S2Se. The third-order valence-electron chi connectivity index (χ3n) is 13.4. The van der Waals surface area contributed by atoms with Crippen LogP contribution in [0.1, 0.15) is 0 Å². The zero-order valence-electron chi connectivity index (χ0n) is 36.1. The summed E-state index contributed by atoms with van der Waals surface area (Å²) in [5.41, 5.74) is 15.0. The van der Waals surface area contributed by atoms with E-state index < -0.39 is 0 Å². The predicted octanol–water partition coefficient (Wildman–Crippen LogP) is 13.0. The Labute approximate surface area is 403 Å². The average molecular weight is 955 g/mol. The summed E-state index contributed by atoms with van der Waals surface area (Å²) in [6.45, 7) is 0.0570. The summed E-state index contributed by atoms with van der Waals surface area (Å²) in [4.78, 5) is 7.53. The Morgan fingerprint density at radius 3 is 1.55 bits per heavy atom. The topological polar surface area (TPSA) is 11.4 Å². The minimum atomic E-state index is -0.00172. The average Bonchev–Trinajstić information content (AvgIpc) is 3.94. The summed E-state index contributed by atoms with van der Waals surface area (Å²) in [6.07, 6.45) is 0. The monoisotopic (exact) mass is 955 g/mol. The molecule has 2 aliphatic heterocycles. The van der Waals surface area contributed by atoms with Gasteiger partial charge in [0.25, 0.3) is 0 Å². The van der Waals surface area contributed by atoms with Crippen LogP contribution in [0.25, 0.3) is 47.7 Å². The van der Waals surface area contributed by atoms with Gasteiger partial charge in [0.1, 0.15) is 0 Å². The van der Waals surface area contributed by atoms with E-state index in [9.17, 15) is 0 Å². The Morgan fingerprint density at radius 2 is 0.940 bits per heavy atom. The van der Waals surface area contributed by atoms with Gasteiger partial charge < -0.3 is 0 Å². The number of nitrogens with zero attached hydrogens (tertiary/aromatic N) is 3. The third kappa shape index (κ3) is 6.20. The van der Waals surface area contributed by atoms with Gasteiger partial charge in [-0.3, -0.25) is 0 Å². The van der Waals surface area contributed by atoms with Crippen LogP contribution in [0.15, 0.2) is 240 Å². The molecule has 0 saturated heterocycles. The van der Waals surface area contributed by atoms with Crippen LogP contribution in [0.4, 0.5) is 34.1 Å². The Balaban J connectivity index is 1.06. The van der Waals surface area contributed by atoms with E-state index in [4.69, 9.17) is 0 Å². The van der Waals surface area contributed by atoms with E-state index in [1.54, 1.807) is 0 Å². The van der Waals surface area contributed by atoms with E-state index in [1.165, 1.54) is 88.5 Å². The number of anilines is 6. The van der Waals surface area contributed by atoms with Gasteiger partial charge in [-0.2, -0.15) is 0 Å². The summed E-state index contributed by atoms with van der Waals surface area (Å²) in [5.74, 6) is 0. The molecule has 0 amide bonds. The number of thiophene rings is 1. The number of benzene rings is 10.